The quantitative estimate of drug-likeness (QED) is 0.338. The lowest BCUT2D eigenvalue weighted by atomic mass is 10.0. The lowest BCUT2D eigenvalue weighted by molar-refractivity contribution is 0.198. The Morgan fingerprint density at radius 2 is 1.96 bits per heavy atom. The Morgan fingerprint density at radius 3 is 2.61 bits per heavy atom. The molecule has 2 heterocycles. The van der Waals surface area contributed by atoms with Gasteiger partial charge in [0.05, 0.1) is 0 Å². The molecule has 1 saturated heterocycles. The minimum atomic E-state index is 0. The molecule has 0 radical (unpaired) electrons. The van der Waals surface area contributed by atoms with Gasteiger partial charge in [0, 0.05) is 50.1 Å². The van der Waals surface area contributed by atoms with Crippen molar-refractivity contribution in [3.63, 3.8) is 0 Å². The Kier molecular flexibility index (Phi) is 9.74. The van der Waals surface area contributed by atoms with Crippen molar-refractivity contribution in [2.45, 2.75) is 45.2 Å². The van der Waals surface area contributed by atoms with E-state index in [-0.39, 0.29) is 24.0 Å². The van der Waals surface area contributed by atoms with E-state index >= 15 is 0 Å². The lowest BCUT2D eigenvalue weighted by Crippen LogP contribution is -2.49. The van der Waals surface area contributed by atoms with Gasteiger partial charge in [0.15, 0.2) is 5.96 Å². The fourth-order valence-electron chi connectivity index (χ4n) is 3.57. The van der Waals surface area contributed by atoms with Gasteiger partial charge < -0.3 is 10.6 Å². The van der Waals surface area contributed by atoms with Crippen LogP contribution in [0.1, 0.15) is 41.7 Å². The van der Waals surface area contributed by atoms with Crippen LogP contribution in [0.2, 0.25) is 0 Å². The molecule has 0 saturated carbocycles. The highest BCUT2D eigenvalue weighted by Crippen LogP contribution is 2.20. The Hall–Kier alpha value is -1.12. The number of hydrogen-bond donors (Lipinski definition) is 2. The van der Waals surface area contributed by atoms with E-state index in [0.29, 0.717) is 12.0 Å². The number of halogens is 1. The topological polar surface area (TPSA) is 39.7 Å². The van der Waals surface area contributed by atoms with E-state index < -0.39 is 0 Å². The zero-order valence-corrected chi connectivity index (χ0v) is 20.3. The first-order valence-corrected chi connectivity index (χ1v) is 10.8. The molecule has 1 aliphatic rings. The van der Waals surface area contributed by atoms with Gasteiger partial charge in [-0.05, 0) is 42.3 Å². The van der Waals surface area contributed by atoms with Gasteiger partial charge >= 0.3 is 0 Å². The Balaban J connectivity index is 0.00000280. The Bertz CT molecular complexity index is 724. The monoisotopic (exact) mass is 512 g/mol. The second-order valence-corrected chi connectivity index (χ2v) is 8.47. The summed E-state index contributed by atoms with van der Waals surface area (Å²) in [4.78, 5) is 8.40. The number of benzene rings is 1. The molecule has 4 nitrogen and oxygen atoms in total. The molecule has 3 rings (SSSR count). The minimum Gasteiger partial charge on any atom is -0.356 e. The van der Waals surface area contributed by atoms with Crippen molar-refractivity contribution < 1.29 is 0 Å². The van der Waals surface area contributed by atoms with Crippen molar-refractivity contribution in [3.05, 3.63) is 57.8 Å². The zero-order chi connectivity index (χ0) is 19.1. The molecule has 6 heteroatoms. The zero-order valence-electron chi connectivity index (χ0n) is 17.1. The molecule has 1 atom stereocenters. The van der Waals surface area contributed by atoms with E-state index in [1.807, 2.05) is 18.4 Å². The van der Waals surface area contributed by atoms with E-state index in [9.17, 15) is 0 Å². The molecule has 2 N–H and O–H groups in total. The molecule has 28 heavy (non-hydrogen) atoms. The smallest absolute Gasteiger partial charge is 0.191 e. The number of hydrogen-bond acceptors (Lipinski definition) is 3. The van der Waals surface area contributed by atoms with E-state index in [1.165, 1.54) is 16.0 Å². The maximum absolute atomic E-state index is 4.42. The van der Waals surface area contributed by atoms with E-state index in [0.717, 1.165) is 45.0 Å². The summed E-state index contributed by atoms with van der Waals surface area (Å²) < 4.78 is 0. The minimum absolute atomic E-state index is 0. The van der Waals surface area contributed by atoms with Crippen LogP contribution in [0.3, 0.4) is 0 Å². The predicted octanol–water partition coefficient (Wildman–Crippen LogP) is 4.61. The van der Waals surface area contributed by atoms with Crippen molar-refractivity contribution in [2.24, 2.45) is 4.99 Å². The molecule has 1 aromatic heterocycles. The first-order valence-electron chi connectivity index (χ1n) is 9.93. The molecule has 1 unspecified atom stereocenters. The van der Waals surface area contributed by atoms with E-state index in [2.05, 4.69) is 76.2 Å². The third-order valence-corrected chi connectivity index (χ3v) is 6.52. The average Bonchev–Trinajstić information content (AvgIpc) is 3.23. The third-order valence-electron chi connectivity index (χ3n) is 5.41. The van der Waals surface area contributed by atoms with Gasteiger partial charge in [-0.1, -0.05) is 37.3 Å². The van der Waals surface area contributed by atoms with Crippen molar-refractivity contribution in [3.8, 4) is 0 Å². The van der Waals surface area contributed by atoms with Crippen LogP contribution in [-0.2, 0) is 6.54 Å². The Labute approximate surface area is 190 Å². The number of nitrogens with zero attached hydrogens (tertiary/aromatic N) is 2. The summed E-state index contributed by atoms with van der Waals surface area (Å²) in [6, 6.07) is 13.5. The van der Waals surface area contributed by atoms with Crippen molar-refractivity contribution >= 4 is 41.3 Å². The molecule has 0 amide bonds. The molecule has 1 aromatic carbocycles. The summed E-state index contributed by atoms with van der Waals surface area (Å²) in [5, 5.41) is 9.26. The number of thiophene rings is 1. The normalized spacial score (nSPS) is 17.0. The molecule has 0 spiro atoms. The van der Waals surface area contributed by atoms with Gasteiger partial charge in [0.25, 0.3) is 0 Å². The summed E-state index contributed by atoms with van der Waals surface area (Å²) in [6.45, 7) is 8.70. The summed E-state index contributed by atoms with van der Waals surface area (Å²) in [7, 11) is 1.86. The summed E-state index contributed by atoms with van der Waals surface area (Å²) in [6.07, 6.45) is 2.32. The van der Waals surface area contributed by atoms with Gasteiger partial charge in [-0.3, -0.25) is 9.89 Å². The first kappa shape index (κ1) is 23.2. The maximum atomic E-state index is 4.42. The van der Waals surface area contributed by atoms with Crippen molar-refractivity contribution in [2.75, 3.05) is 26.7 Å². The van der Waals surface area contributed by atoms with Crippen LogP contribution in [0.4, 0.5) is 0 Å². The van der Waals surface area contributed by atoms with E-state index in [4.69, 9.17) is 0 Å². The highest BCUT2D eigenvalue weighted by atomic mass is 127. The van der Waals surface area contributed by atoms with Gasteiger partial charge in [-0.25, -0.2) is 0 Å². The van der Waals surface area contributed by atoms with Gasteiger partial charge in [-0.2, -0.15) is 0 Å². The maximum Gasteiger partial charge on any atom is 0.191 e. The number of aryl methyl sites for hydroxylation is 1. The number of aliphatic imine (C=N–C) groups is 1. The predicted molar refractivity (Wildman–Crippen MR) is 132 cm³/mol. The first-order chi connectivity index (χ1) is 13.2. The molecule has 154 valence electrons. The highest BCUT2D eigenvalue weighted by molar-refractivity contribution is 14.0. The molecule has 0 bridgehead atoms. The summed E-state index contributed by atoms with van der Waals surface area (Å²) in [5.41, 5.74) is 2.84. The number of nitrogens with one attached hydrogen (secondary N) is 2. The average molecular weight is 513 g/mol. The number of guanidine groups is 1. The third kappa shape index (κ3) is 6.74. The molecular formula is C22H33IN4S. The van der Waals surface area contributed by atoms with Crippen LogP contribution >= 0.6 is 35.3 Å². The molecule has 2 aromatic rings. The van der Waals surface area contributed by atoms with Crippen LogP contribution in [-0.4, -0.2) is 43.6 Å². The van der Waals surface area contributed by atoms with Gasteiger partial charge in [0.2, 0.25) is 0 Å². The van der Waals surface area contributed by atoms with Crippen LogP contribution < -0.4 is 10.6 Å². The number of likely N-dealkylation sites (tertiary alicyclic amines) is 1. The van der Waals surface area contributed by atoms with Crippen LogP contribution in [0.15, 0.2) is 46.8 Å². The van der Waals surface area contributed by atoms with E-state index in [1.54, 1.807) is 0 Å². The second kappa shape index (κ2) is 11.8. The lowest BCUT2D eigenvalue weighted by Gasteiger charge is -2.33. The van der Waals surface area contributed by atoms with Crippen LogP contribution in [0, 0.1) is 6.92 Å². The SMILES string of the molecule is CN=C(NCC(C)c1cccs1)NC1CCN(Cc2ccccc2C)CC1.I. The van der Waals surface area contributed by atoms with Gasteiger partial charge in [-0.15, -0.1) is 35.3 Å². The number of rotatable bonds is 6. The Morgan fingerprint density at radius 1 is 1.21 bits per heavy atom. The fraction of sp³-hybridized carbons (Fsp3) is 0.500. The van der Waals surface area contributed by atoms with Crippen molar-refractivity contribution in [1.29, 1.82) is 0 Å². The van der Waals surface area contributed by atoms with Gasteiger partial charge in [0.1, 0.15) is 0 Å². The second-order valence-electron chi connectivity index (χ2n) is 7.49. The molecular weight excluding hydrogens is 479 g/mol. The standard InChI is InChI=1S/C22H32N4S.HI/c1-17-7-4-5-8-19(17)16-26-12-10-20(11-13-26)25-22(23-3)24-15-18(2)21-9-6-14-27-21;/h4-9,14,18,20H,10-13,15-16H2,1-3H3,(H2,23,24,25);1H. The van der Waals surface area contributed by atoms with Crippen LogP contribution in [0.5, 0.6) is 0 Å². The van der Waals surface area contributed by atoms with Crippen LogP contribution in [0.25, 0.3) is 0 Å². The molecule has 0 aliphatic carbocycles. The molecule has 1 fully saturated rings. The van der Waals surface area contributed by atoms with Crippen molar-refractivity contribution in [1.82, 2.24) is 15.5 Å². The summed E-state index contributed by atoms with van der Waals surface area (Å²) >= 11 is 1.82. The largest absolute Gasteiger partial charge is 0.356 e. The fourth-order valence-corrected chi connectivity index (χ4v) is 4.36. The summed E-state index contributed by atoms with van der Waals surface area (Å²) in [5.74, 6) is 1.43. The number of piperidine rings is 1. The molecule has 1 aliphatic heterocycles. The highest BCUT2D eigenvalue weighted by Gasteiger charge is 2.20.